The van der Waals surface area contributed by atoms with Crippen molar-refractivity contribution in [1.29, 1.82) is 0 Å². The highest BCUT2D eigenvalue weighted by atomic mass is 16.2. The predicted molar refractivity (Wildman–Crippen MR) is 107 cm³/mol. The highest BCUT2D eigenvalue weighted by Crippen LogP contribution is 2.28. The number of carbonyl (C=O) groups is 3. The third-order valence-corrected chi connectivity index (χ3v) is 4.70. The van der Waals surface area contributed by atoms with Gasteiger partial charge in [-0.15, -0.1) is 0 Å². The maximum Gasteiger partial charge on any atom is 0.266 e. The lowest BCUT2D eigenvalue weighted by Gasteiger charge is -2.15. The van der Waals surface area contributed by atoms with E-state index in [9.17, 15) is 14.4 Å². The van der Waals surface area contributed by atoms with E-state index in [4.69, 9.17) is 0 Å². The van der Waals surface area contributed by atoms with E-state index in [1.165, 1.54) is 0 Å². The highest BCUT2D eigenvalue weighted by Gasteiger charge is 2.36. The summed E-state index contributed by atoms with van der Waals surface area (Å²) in [5.74, 6) is -0.987. The average molecular weight is 370 g/mol. The Labute approximate surface area is 162 Å². The Kier molecular flexibility index (Phi) is 4.72. The summed E-state index contributed by atoms with van der Waals surface area (Å²) >= 11 is 0. The largest absolute Gasteiger partial charge is 0.352 e. The molecule has 4 rings (SSSR count). The fourth-order valence-corrected chi connectivity index (χ4v) is 3.28. The first-order valence-corrected chi connectivity index (χ1v) is 9.05. The third kappa shape index (κ3) is 3.30. The molecule has 28 heavy (non-hydrogen) atoms. The van der Waals surface area contributed by atoms with Crippen molar-refractivity contribution in [1.82, 2.24) is 5.32 Å². The topological polar surface area (TPSA) is 66.5 Å². The summed E-state index contributed by atoms with van der Waals surface area (Å²) in [5, 5.41) is 2.88. The lowest BCUT2D eigenvalue weighted by molar-refractivity contribution is 0.0919. The molecule has 138 valence electrons. The molecule has 3 aromatic rings. The summed E-state index contributed by atoms with van der Waals surface area (Å²) < 4.78 is 0. The molecule has 0 saturated carbocycles. The quantitative estimate of drug-likeness (QED) is 0.700. The van der Waals surface area contributed by atoms with Crippen LogP contribution >= 0.6 is 0 Å². The van der Waals surface area contributed by atoms with Crippen LogP contribution in [0.2, 0.25) is 0 Å². The molecule has 3 amide bonds. The predicted octanol–water partition coefficient (Wildman–Crippen LogP) is 3.46. The van der Waals surface area contributed by atoms with E-state index in [-0.39, 0.29) is 17.7 Å². The van der Waals surface area contributed by atoms with Crippen LogP contribution < -0.4 is 10.2 Å². The molecule has 3 aromatic carbocycles. The first kappa shape index (κ1) is 17.7. The lowest BCUT2D eigenvalue weighted by atomic mass is 10.1. The second-order valence-electron chi connectivity index (χ2n) is 6.53. The zero-order valence-electron chi connectivity index (χ0n) is 15.1. The Hall–Kier alpha value is -3.73. The van der Waals surface area contributed by atoms with E-state index in [2.05, 4.69) is 5.32 Å². The van der Waals surface area contributed by atoms with E-state index >= 15 is 0 Å². The molecule has 0 unspecified atom stereocenters. The molecule has 0 saturated heterocycles. The number of carbonyl (C=O) groups excluding carboxylic acids is 3. The number of amides is 3. The van der Waals surface area contributed by atoms with Crippen molar-refractivity contribution in [2.24, 2.45) is 0 Å². The molecule has 5 nitrogen and oxygen atoms in total. The van der Waals surface area contributed by atoms with E-state index in [0.717, 1.165) is 16.9 Å². The molecule has 1 N–H and O–H groups in total. The maximum absolute atomic E-state index is 12.6. The molecule has 1 aliphatic rings. The number of hydrogen-bond acceptors (Lipinski definition) is 3. The molecular weight excluding hydrogens is 352 g/mol. The molecular formula is C23H18N2O3. The van der Waals surface area contributed by atoms with Gasteiger partial charge in [0.1, 0.15) is 0 Å². The van der Waals surface area contributed by atoms with Crippen molar-refractivity contribution >= 4 is 23.4 Å². The van der Waals surface area contributed by atoms with Gasteiger partial charge in [-0.2, -0.15) is 0 Å². The summed E-state index contributed by atoms with van der Waals surface area (Å²) in [4.78, 5) is 38.8. The highest BCUT2D eigenvalue weighted by molar-refractivity contribution is 6.34. The van der Waals surface area contributed by atoms with Gasteiger partial charge in [0.25, 0.3) is 17.7 Å². The van der Waals surface area contributed by atoms with Crippen molar-refractivity contribution < 1.29 is 14.4 Å². The van der Waals surface area contributed by atoms with Gasteiger partial charge in [0.05, 0.1) is 16.8 Å². The number of anilines is 1. The first-order valence-electron chi connectivity index (χ1n) is 9.05. The Morgan fingerprint density at radius 3 is 2.11 bits per heavy atom. The second kappa shape index (κ2) is 7.48. The van der Waals surface area contributed by atoms with Gasteiger partial charge in [-0.1, -0.05) is 48.5 Å². The summed E-state index contributed by atoms with van der Waals surface area (Å²) in [5.41, 5.74) is 2.70. The molecule has 0 aliphatic carbocycles. The first-order chi connectivity index (χ1) is 13.6. The summed E-state index contributed by atoms with van der Waals surface area (Å²) in [6.45, 7) is 0.500. The van der Waals surface area contributed by atoms with Crippen LogP contribution in [0.4, 0.5) is 5.69 Å². The van der Waals surface area contributed by atoms with Crippen LogP contribution in [0.5, 0.6) is 0 Å². The normalized spacial score (nSPS) is 12.8. The van der Waals surface area contributed by atoms with E-state index in [0.29, 0.717) is 28.9 Å². The van der Waals surface area contributed by atoms with Crippen LogP contribution in [-0.4, -0.2) is 24.3 Å². The Morgan fingerprint density at radius 1 is 0.786 bits per heavy atom. The van der Waals surface area contributed by atoms with Crippen molar-refractivity contribution in [3.63, 3.8) is 0 Å². The fourth-order valence-electron chi connectivity index (χ4n) is 3.28. The minimum absolute atomic E-state index is 0.241. The van der Waals surface area contributed by atoms with Gasteiger partial charge in [-0.25, -0.2) is 4.90 Å². The van der Waals surface area contributed by atoms with Gasteiger partial charge in [-0.05, 0) is 42.3 Å². The summed E-state index contributed by atoms with van der Waals surface area (Å²) in [6.07, 6.45) is 0.727. The zero-order chi connectivity index (χ0) is 19.5. The smallest absolute Gasteiger partial charge is 0.266 e. The molecule has 0 fully saturated rings. The number of benzene rings is 3. The summed E-state index contributed by atoms with van der Waals surface area (Å²) in [7, 11) is 0. The fraction of sp³-hybridized carbons (Fsp3) is 0.0870. The molecule has 0 aromatic heterocycles. The molecule has 0 radical (unpaired) electrons. The molecule has 5 heteroatoms. The van der Waals surface area contributed by atoms with Gasteiger partial charge < -0.3 is 5.32 Å². The lowest BCUT2D eigenvalue weighted by Crippen LogP contribution is -2.30. The molecule has 1 aliphatic heterocycles. The van der Waals surface area contributed by atoms with Crippen molar-refractivity contribution in [2.45, 2.75) is 6.42 Å². The Bertz CT molecular complexity index is 1030. The number of nitrogens with zero attached hydrogens (tertiary/aromatic N) is 1. The Morgan fingerprint density at radius 2 is 1.43 bits per heavy atom. The summed E-state index contributed by atoms with van der Waals surface area (Å²) in [6, 6.07) is 23.2. The van der Waals surface area contributed by atoms with Crippen molar-refractivity contribution in [3.8, 4) is 0 Å². The minimum atomic E-state index is -0.373. The standard InChI is InChI=1S/C23H18N2O3/c26-21(24-14-13-16-7-2-1-3-8-16)17-9-6-10-18(15-17)25-22(27)19-11-4-5-12-20(19)23(25)28/h1-12,15H,13-14H2,(H,24,26). The van der Waals surface area contributed by atoms with E-state index in [1.807, 2.05) is 30.3 Å². The average Bonchev–Trinajstić information content (AvgIpc) is 2.99. The van der Waals surface area contributed by atoms with Gasteiger partial charge in [-0.3, -0.25) is 14.4 Å². The number of imide groups is 1. The van der Waals surface area contributed by atoms with Crippen LogP contribution in [0.25, 0.3) is 0 Å². The zero-order valence-corrected chi connectivity index (χ0v) is 15.1. The van der Waals surface area contributed by atoms with Gasteiger partial charge in [0.15, 0.2) is 0 Å². The van der Waals surface area contributed by atoms with Crippen LogP contribution in [0.1, 0.15) is 36.6 Å². The second-order valence-corrected chi connectivity index (χ2v) is 6.53. The van der Waals surface area contributed by atoms with Crippen molar-refractivity contribution in [2.75, 3.05) is 11.4 Å². The SMILES string of the molecule is O=C(NCCc1ccccc1)c1cccc(N2C(=O)c3ccccc3C2=O)c1. The minimum Gasteiger partial charge on any atom is -0.352 e. The van der Waals surface area contributed by atoms with E-state index in [1.54, 1.807) is 48.5 Å². The van der Waals surface area contributed by atoms with Crippen LogP contribution in [0.15, 0.2) is 78.9 Å². The maximum atomic E-state index is 12.6. The van der Waals surface area contributed by atoms with Crippen molar-refractivity contribution in [3.05, 3.63) is 101 Å². The third-order valence-electron chi connectivity index (χ3n) is 4.70. The molecule has 0 spiro atoms. The molecule has 1 heterocycles. The van der Waals surface area contributed by atoms with Crippen LogP contribution in [0.3, 0.4) is 0 Å². The monoisotopic (exact) mass is 370 g/mol. The number of hydrogen-bond donors (Lipinski definition) is 1. The van der Waals surface area contributed by atoms with E-state index < -0.39 is 0 Å². The number of rotatable bonds is 5. The number of fused-ring (bicyclic) bond motifs is 1. The van der Waals surface area contributed by atoms with Crippen LogP contribution in [-0.2, 0) is 6.42 Å². The van der Waals surface area contributed by atoms with Crippen LogP contribution in [0, 0.1) is 0 Å². The molecule has 0 atom stereocenters. The Balaban J connectivity index is 1.48. The van der Waals surface area contributed by atoms with Gasteiger partial charge >= 0.3 is 0 Å². The van der Waals surface area contributed by atoms with Gasteiger partial charge in [0, 0.05) is 12.1 Å². The number of nitrogens with one attached hydrogen (secondary N) is 1. The molecule has 0 bridgehead atoms. The van der Waals surface area contributed by atoms with Gasteiger partial charge in [0.2, 0.25) is 0 Å².